The van der Waals surface area contributed by atoms with Gasteiger partial charge in [0.2, 0.25) is 0 Å². The molecule has 2 N–H and O–H groups in total. The van der Waals surface area contributed by atoms with Crippen LogP contribution in [-0.2, 0) is 10.0 Å². The normalized spacial score (nSPS) is 11.4. The maximum atomic E-state index is 13.1. The number of rotatable bonds is 13. The predicted molar refractivity (Wildman–Crippen MR) is 150 cm³/mol. The summed E-state index contributed by atoms with van der Waals surface area (Å²) in [5.41, 5.74) is 2.97. The quantitative estimate of drug-likeness (QED) is 0.182. The van der Waals surface area contributed by atoms with E-state index in [2.05, 4.69) is 26.9 Å². The fraction of sp³-hybridized carbons (Fsp3) is 0.310. The van der Waals surface area contributed by atoms with Crippen LogP contribution in [0.1, 0.15) is 51.0 Å². The van der Waals surface area contributed by atoms with Crippen molar-refractivity contribution >= 4 is 38.4 Å². The van der Waals surface area contributed by atoms with Gasteiger partial charge in [0.25, 0.3) is 10.0 Å². The fourth-order valence-corrected chi connectivity index (χ4v) is 4.91. The number of aryl methyl sites for hydroxylation is 1. The highest BCUT2D eigenvalue weighted by atomic mass is 32.2. The summed E-state index contributed by atoms with van der Waals surface area (Å²) in [6.07, 6.45) is 7.32. The molecule has 0 radical (unpaired) electrons. The average Bonchev–Trinajstić information content (AvgIpc) is 2.89. The Morgan fingerprint density at radius 1 is 0.757 bits per heavy atom. The highest BCUT2D eigenvalue weighted by Gasteiger charge is 2.19. The number of sulfonamides is 1. The van der Waals surface area contributed by atoms with Gasteiger partial charge in [0, 0.05) is 5.69 Å². The summed E-state index contributed by atoms with van der Waals surface area (Å²) < 4.78 is 34.6. The molecular formula is C29H34N4O3S. The van der Waals surface area contributed by atoms with Crippen molar-refractivity contribution < 1.29 is 13.2 Å². The fourth-order valence-electron chi connectivity index (χ4n) is 3.91. The summed E-state index contributed by atoms with van der Waals surface area (Å²) in [5, 5.41) is 3.21. The van der Waals surface area contributed by atoms with Crippen LogP contribution in [0.5, 0.6) is 5.75 Å². The average molecular weight is 519 g/mol. The van der Waals surface area contributed by atoms with Gasteiger partial charge in [-0.3, -0.25) is 4.72 Å². The maximum Gasteiger partial charge on any atom is 0.263 e. The molecule has 0 amide bonds. The van der Waals surface area contributed by atoms with Crippen molar-refractivity contribution in [2.45, 2.75) is 57.3 Å². The van der Waals surface area contributed by atoms with E-state index in [0.717, 1.165) is 23.4 Å². The van der Waals surface area contributed by atoms with E-state index in [4.69, 9.17) is 4.74 Å². The maximum absolute atomic E-state index is 13.1. The van der Waals surface area contributed by atoms with E-state index in [-0.39, 0.29) is 10.7 Å². The molecule has 4 rings (SSSR count). The number of nitrogens with zero attached hydrogens (tertiary/aromatic N) is 2. The molecule has 0 saturated carbocycles. The molecule has 0 saturated heterocycles. The van der Waals surface area contributed by atoms with Crippen LogP contribution in [0, 0.1) is 6.92 Å². The first-order valence-corrected chi connectivity index (χ1v) is 14.3. The van der Waals surface area contributed by atoms with Gasteiger partial charge in [-0.25, -0.2) is 18.4 Å². The summed E-state index contributed by atoms with van der Waals surface area (Å²) in [6, 6.07) is 21.6. The van der Waals surface area contributed by atoms with Gasteiger partial charge in [0.05, 0.1) is 22.5 Å². The Balaban J connectivity index is 1.48. The SMILES string of the molecule is CCCCCCCCOc1ccc(Nc2nc3ccccc3nc2NS(=O)(=O)c2ccc(C)cc2)cc1. The van der Waals surface area contributed by atoms with Gasteiger partial charge in [-0.2, -0.15) is 0 Å². The van der Waals surface area contributed by atoms with Gasteiger partial charge in [0.15, 0.2) is 11.6 Å². The minimum atomic E-state index is -3.85. The Kier molecular flexibility index (Phi) is 8.95. The zero-order chi connectivity index (χ0) is 26.1. The number of unbranched alkanes of at least 4 members (excludes halogenated alkanes) is 5. The first kappa shape index (κ1) is 26.4. The summed E-state index contributed by atoms with van der Waals surface area (Å²) in [6.45, 7) is 4.82. The van der Waals surface area contributed by atoms with Gasteiger partial charge in [-0.15, -0.1) is 0 Å². The largest absolute Gasteiger partial charge is 0.494 e. The molecule has 0 unspecified atom stereocenters. The van der Waals surface area contributed by atoms with Gasteiger partial charge >= 0.3 is 0 Å². The number of hydrogen-bond acceptors (Lipinski definition) is 6. The summed E-state index contributed by atoms with van der Waals surface area (Å²) in [7, 11) is -3.85. The van der Waals surface area contributed by atoms with E-state index in [9.17, 15) is 8.42 Å². The molecule has 37 heavy (non-hydrogen) atoms. The van der Waals surface area contributed by atoms with Gasteiger partial charge in [0.1, 0.15) is 5.75 Å². The minimum absolute atomic E-state index is 0.127. The Hall–Kier alpha value is -3.65. The van der Waals surface area contributed by atoms with Crippen LogP contribution in [0.25, 0.3) is 11.0 Å². The lowest BCUT2D eigenvalue weighted by Crippen LogP contribution is -2.16. The standard InChI is InChI=1S/C29H34N4O3S/c1-3-4-5-6-7-10-21-36-24-17-15-23(16-18-24)30-28-29(32-27-12-9-8-11-26(27)31-28)33-37(34,35)25-19-13-22(2)14-20-25/h8-9,11-20H,3-7,10,21H2,1-2H3,(H,30,31)(H,32,33). The van der Waals surface area contributed by atoms with Crippen LogP contribution >= 0.6 is 0 Å². The van der Waals surface area contributed by atoms with Crippen LogP contribution in [0.4, 0.5) is 17.3 Å². The second-order valence-electron chi connectivity index (χ2n) is 9.09. The van der Waals surface area contributed by atoms with E-state index < -0.39 is 10.0 Å². The molecule has 4 aromatic rings. The van der Waals surface area contributed by atoms with Crippen LogP contribution in [0.3, 0.4) is 0 Å². The van der Waals surface area contributed by atoms with Crippen molar-refractivity contribution in [3.05, 3.63) is 78.4 Å². The molecular weight excluding hydrogens is 484 g/mol. The highest BCUT2D eigenvalue weighted by Crippen LogP contribution is 2.28. The van der Waals surface area contributed by atoms with Crippen molar-refractivity contribution in [1.29, 1.82) is 0 Å². The molecule has 0 bridgehead atoms. The second kappa shape index (κ2) is 12.5. The number of fused-ring (bicyclic) bond motifs is 1. The van der Waals surface area contributed by atoms with Crippen molar-refractivity contribution in [1.82, 2.24) is 9.97 Å². The lowest BCUT2D eigenvalue weighted by atomic mass is 10.1. The van der Waals surface area contributed by atoms with Crippen molar-refractivity contribution in [2.75, 3.05) is 16.6 Å². The summed E-state index contributed by atoms with van der Waals surface area (Å²) in [5.74, 6) is 1.24. The van der Waals surface area contributed by atoms with Gasteiger partial charge in [-0.1, -0.05) is 68.9 Å². The number of benzene rings is 3. The highest BCUT2D eigenvalue weighted by molar-refractivity contribution is 7.92. The van der Waals surface area contributed by atoms with Crippen LogP contribution in [0.2, 0.25) is 0 Å². The van der Waals surface area contributed by atoms with E-state index in [1.165, 1.54) is 32.1 Å². The van der Waals surface area contributed by atoms with Crippen LogP contribution < -0.4 is 14.8 Å². The molecule has 0 aliphatic heterocycles. The third-order valence-electron chi connectivity index (χ3n) is 6.02. The lowest BCUT2D eigenvalue weighted by molar-refractivity contribution is 0.304. The Bertz CT molecular complexity index is 1410. The zero-order valence-corrected chi connectivity index (χ0v) is 22.2. The first-order chi connectivity index (χ1) is 17.9. The second-order valence-corrected chi connectivity index (χ2v) is 10.8. The number of anilines is 3. The van der Waals surface area contributed by atoms with Crippen molar-refractivity contribution in [2.24, 2.45) is 0 Å². The zero-order valence-electron chi connectivity index (χ0n) is 21.4. The van der Waals surface area contributed by atoms with Crippen molar-refractivity contribution in [3.8, 4) is 5.75 Å². The predicted octanol–water partition coefficient (Wildman–Crippen LogP) is 7.22. The lowest BCUT2D eigenvalue weighted by Gasteiger charge is -2.14. The van der Waals surface area contributed by atoms with Gasteiger partial charge < -0.3 is 10.1 Å². The van der Waals surface area contributed by atoms with Crippen molar-refractivity contribution in [3.63, 3.8) is 0 Å². The number of ether oxygens (including phenoxy) is 1. The smallest absolute Gasteiger partial charge is 0.263 e. The number of para-hydroxylation sites is 2. The number of hydrogen-bond donors (Lipinski definition) is 2. The molecule has 3 aromatic carbocycles. The third kappa shape index (κ3) is 7.43. The monoisotopic (exact) mass is 518 g/mol. The molecule has 7 nitrogen and oxygen atoms in total. The van der Waals surface area contributed by atoms with E-state index in [1.807, 2.05) is 49.4 Å². The molecule has 0 aliphatic rings. The Morgan fingerprint density at radius 3 is 2.05 bits per heavy atom. The number of nitrogens with one attached hydrogen (secondary N) is 2. The summed E-state index contributed by atoms with van der Waals surface area (Å²) >= 11 is 0. The molecule has 0 aliphatic carbocycles. The van der Waals surface area contributed by atoms with Gasteiger partial charge in [-0.05, 0) is 61.9 Å². The summed E-state index contributed by atoms with van der Waals surface area (Å²) in [4.78, 5) is 9.36. The minimum Gasteiger partial charge on any atom is -0.494 e. The van der Waals surface area contributed by atoms with E-state index in [0.29, 0.717) is 23.5 Å². The molecule has 194 valence electrons. The Morgan fingerprint density at radius 2 is 1.38 bits per heavy atom. The molecule has 0 atom stereocenters. The topological polar surface area (TPSA) is 93.2 Å². The first-order valence-electron chi connectivity index (χ1n) is 12.8. The third-order valence-corrected chi connectivity index (χ3v) is 7.37. The van der Waals surface area contributed by atoms with Crippen LogP contribution in [0.15, 0.2) is 77.7 Å². The molecule has 1 aromatic heterocycles. The molecule has 0 spiro atoms. The Labute approximate surface area is 219 Å². The van der Waals surface area contributed by atoms with E-state index >= 15 is 0 Å². The van der Waals surface area contributed by atoms with Crippen LogP contribution in [-0.4, -0.2) is 25.0 Å². The molecule has 8 heteroatoms. The molecule has 0 fully saturated rings. The molecule has 1 heterocycles. The van der Waals surface area contributed by atoms with E-state index in [1.54, 1.807) is 30.3 Å². The number of aromatic nitrogens is 2.